The molecule has 1 fully saturated rings. The molecule has 0 spiro atoms. The van der Waals surface area contributed by atoms with Crippen molar-refractivity contribution in [3.63, 3.8) is 0 Å². The van der Waals surface area contributed by atoms with E-state index in [0.29, 0.717) is 0 Å². The van der Waals surface area contributed by atoms with Gasteiger partial charge in [-0.1, -0.05) is 26.7 Å². The summed E-state index contributed by atoms with van der Waals surface area (Å²) in [6.45, 7) is 9.56. The van der Waals surface area contributed by atoms with Crippen LogP contribution in [-0.2, 0) is 0 Å². The van der Waals surface area contributed by atoms with Crippen molar-refractivity contribution in [2.24, 2.45) is 0 Å². The summed E-state index contributed by atoms with van der Waals surface area (Å²) in [6, 6.07) is 0.801. The fourth-order valence-corrected chi connectivity index (χ4v) is 2.13. The van der Waals surface area contributed by atoms with Crippen LogP contribution >= 0.6 is 0 Å². The van der Waals surface area contributed by atoms with Crippen LogP contribution in [-0.4, -0.2) is 37.1 Å². The van der Waals surface area contributed by atoms with Gasteiger partial charge in [-0.15, -0.1) is 0 Å². The molecule has 2 nitrogen and oxygen atoms in total. The van der Waals surface area contributed by atoms with Gasteiger partial charge in [-0.25, -0.2) is 0 Å². The Morgan fingerprint density at radius 3 is 2.43 bits per heavy atom. The molecule has 1 aliphatic heterocycles. The Morgan fingerprint density at radius 2 is 1.86 bits per heavy atom. The maximum atomic E-state index is 3.67. The summed E-state index contributed by atoms with van der Waals surface area (Å²) in [5.74, 6) is 0. The predicted molar refractivity (Wildman–Crippen MR) is 62.7 cm³/mol. The van der Waals surface area contributed by atoms with E-state index in [9.17, 15) is 0 Å². The lowest BCUT2D eigenvalue weighted by Gasteiger charge is -2.31. The number of likely N-dealkylation sites (tertiary alicyclic amines) is 1. The highest BCUT2D eigenvalue weighted by atomic mass is 15.1. The minimum absolute atomic E-state index is 0.801. The summed E-state index contributed by atoms with van der Waals surface area (Å²) in [6.07, 6.45) is 6.75. The maximum Gasteiger partial charge on any atom is 0.00914 e. The van der Waals surface area contributed by atoms with Gasteiger partial charge >= 0.3 is 0 Å². The number of hydrogen-bond acceptors (Lipinski definition) is 2. The summed E-state index contributed by atoms with van der Waals surface area (Å²) >= 11 is 0. The first-order valence-corrected chi connectivity index (χ1v) is 6.32. The van der Waals surface area contributed by atoms with Crippen LogP contribution in [0.3, 0.4) is 0 Å². The third-order valence-electron chi connectivity index (χ3n) is 3.25. The van der Waals surface area contributed by atoms with Crippen molar-refractivity contribution in [1.82, 2.24) is 10.2 Å². The highest BCUT2D eigenvalue weighted by Gasteiger charge is 2.16. The zero-order valence-corrected chi connectivity index (χ0v) is 9.89. The van der Waals surface area contributed by atoms with Gasteiger partial charge < -0.3 is 10.2 Å². The SMILES string of the molecule is CCCCCNC1CCN(CC)CC1. The molecule has 1 heterocycles. The largest absolute Gasteiger partial charge is 0.314 e. The van der Waals surface area contributed by atoms with Crippen LogP contribution in [0.5, 0.6) is 0 Å². The molecule has 0 bridgehead atoms. The minimum Gasteiger partial charge on any atom is -0.314 e. The van der Waals surface area contributed by atoms with E-state index < -0.39 is 0 Å². The molecular formula is C12H26N2. The number of hydrogen-bond donors (Lipinski definition) is 1. The van der Waals surface area contributed by atoms with Gasteiger partial charge in [0.2, 0.25) is 0 Å². The van der Waals surface area contributed by atoms with Crippen molar-refractivity contribution < 1.29 is 0 Å². The van der Waals surface area contributed by atoms with Crippen molar-refractivity contribution >= 4 is 0 Å². The molecule has 2 heteroatoms. The molecule has 1 rings (SSSR count). The molecule has 0 radical (unpaired) electrons. The van der Waals surface area contributed by atoms with E-state index in [4.69, 9.17) is 0 Å². The molecule has 0 amide bonds. The van der Waals surface area contributed by atoms with E-state index in [1.165, 1.54) is 58.3 Å². The Kier molecular flexibility index (Phi) is 6.20. The van der Waals surface area contributed by atoms with Gasteiger partial charge in [-0.3, -0.25) is 0 Å². The van der Waals surface area contributed by atoms with E-state index in [1.807, 2.05) is 0 Å². The number of nitrogens with zero attached hydrogens (tertiary/aromatic N) is 1. The molecule has 1 N–H and O–H groups in total. The van der Waals surface area contributed by atoms with Crippen LogP contribution in [0.4, 0.5) is 0 Å². The number of nitrogens with one attached hydrogen (secondary N) is 1. The van der Waals surface area contributed by atoms with E-state index >= 15 is 0 Å². The third kappa shape index (κ3) is 4.43. The number of unbranched alkanes of at least 4 members (excludes halogenated alkanes) is 2. The van der Waals surface area contributed by atoms with Gasteiger partial charge in [0, 0.05) is 6.04 Å². The molecule has 0 aromatic carbocycles. The molecule has 0 unspecified atom stereocenters. The minimum atomic E-state index is 0.801. The monoisotopic (exact) mass is 198 g/mol. The lowest BCUT2D eigenvalue weighted by molar-refractivity contribution is 0.206. The molecule has 0 saturated carbocycles. The Balaban J connectivity index is 1.98. The Morgan fingerprint density at radius 1 is 1.14 bits per heavy atom. The van der Waals surface area contributed by atoms with Crippen molar-refractivity contribution in [3.8, 4) is 0 Å². The normalized spacial score (nSPS) is 20.1. The van der Waals surface area contributed by atoms with Gasteiger partial charge in [0.05, 0.1) is 0 Å². The van der Waals surface area contributed by atoms with Crippen LogP contribution in [0.2, 0.25) is 0 Å². The molecule has 0 aromatic heterocycles. The van der Waals surface area contributed by atoms with Gasteiger partial charge in [-0.05, 0) is 45.4 Å². The van der Waals surface area contributed by atoms with Crippen LogP contribution in [0.15, 0.2) is 0 Å². The average molecular weight is 198 g/mol. The highest BCUT2D eigenvalue weighted by Crippen LogP contribution is 2.09. The molecular weight excluding hydrogens is 172 g/mol. The fourth-order valence-electron chi connectivity index (χ4n) is 2.13. The lowest BCUT2D eigenvalue weighted by Crippen LogP contribution is -2.42. The van der Waals surface area contributed by atoms with Gasteiger partial charge in [0.1, 0.15) is 0 Å². The van der Waals surface area contributed by atoms with E-state index in [1.54, 1.807) is 0 Å². The van der Waals surface area contributed by atoms with Crippen LogP contribution in [0.25, 0.3) is 0 Å². The first kappa shape index (κ1) is 12.0. The third-order valence-corrected chi connectivity index (χ3v) is 3.25. The van der Waals surface area contributed by atoms with Crippen molar-refractivity contribution in [1.29, 1.82) is 0 Å². The molecule has 0 aromatic rings. The first-order chi connectivity index (χ1) is 6.86. The van der Waals surface area contributed by atoms with E-state index in [2.05, 4.69) is 24.1 Å². The summed E-state index contributed by atoms with van der Waals surface area (Å²) < 4.78 is 0. The smallest absolute Gasteiger partial charge is 0.00914 e. The lowest BCUT2D eigenvalue weighted by atomic mass is 10.0. The molecule has 14 heavy (non-hydrogen) atoms. The summed E-state index contributed by atoms with van der Waals surface area (Å²) in [5, 5.41) is 3.67. The topological polar surface area (TPSA) is 15.3 Å². The Hall–Kier alpha value is -0.0800. The van der Waals surface area contributed by atoms with Crippen LogP contribution in [0, 0.1) is 0 Å². The Labute approximate surface area is 89.1 Å². The van der Waals surface area contributed by atoms with E-state index in [-0.39, 0.29) is 0 Å². The van der Waals surface area contributed by atoms with Crippen molar-refractivity contribution in [2.75, 3.05) is 26.2 Å². The summed E-state index contributed by atoms with van der Waals surface area (Å²) in [4.78, 5) is 2.55. The first-order valence-electron chi connectivity index (χ1n) is 6.32. The van der Waals surface area contributed by atoms with Gasteiger partial charge in [0.25, 0.3) is 0 Å². The average Bonchev–Trinajstić information content (AvgIpc) is 2.25. The predicted octanol–water partition coefficient (Wildman–Crippen LogP) is 2.25. The number of rotatable bonds is 6. The second kappa shape index (κ2) is 7.24. The fraction of sp³-hybridized carbons (Fsp3) is 1.00. The molecule has 84 valence electrons. The molecule has 1 aliphatic rings. The van der Waals surface area contributed by atoms with Crippen LogP contribution in [0.1, 0.15) is 46.0 Å². The second-order valence-electron chi connectivity index (χ2n) is 4.37. The second-order valence-corrected chi connectivity index (χ2v) is 4.37. The zero-order valence-electron chi connectivity index (χ0n) is 9.89. The summed E-state index contributed by atoms with van der Waals surface area (Å²) in [7, 11) is 0. The number of piperidine rings is 1. The Bertz CT molecular complexity index is 128. The molecule has 0 aliphatic carbocycles. The zero-order chi connectivity index (χ0) is 10.2. The standard InChI is InChI=1S/C12H26N2/c1-3-5-6-9-13-12-7-10-14(4-2)11-8-12/h12-13H,3-11H2,1-2H3. The maximum absolute atomic E-state index is 3.67. The molecule has 0 atom stereocenters. The quantitative estimate of drug-likeness (QED) is 0.659. The van der Waals surface area contributed by atoms with E-state index in [0.717, 1.165) is 6.04 Å². The highest BCUT2D eigenvalue weighted by molar-refractivity contribution is 4.76. The van der Waals surface area contributed by atoms with Crippen molar-refractivity contribution in [3.05, 3.63) is 0 Å². The van der Waals surface area contributed by atoms with Crippen LogP contribution < -0.4 is 5.32 Å². The molecule has 1 saturated heterocycles. The van der Waals surface area contributed by atoms with Gasteiger partial charge in [0.15, 0.2) is 0 Å². The van der Waals surface area contributed by atoms with Crippen molar-refractivity contribution in [2.45, 2.75) is 52.0 Å². The van der Waals surface area contributed by atoms with Gasteiger partial charge in [-0.2, -0.15) is 0 Å². The summed E-state index contributed by atoms with van der Waals surface area (Å²) in [5.41, 5.74) is 0.